The third-order valence-electron chi connectivity index (χ3n) is 6.52. The number of nitrogens with zero attached hydrogens (tertiary/aromatic N) is 4. The lowest BCUT2D eigenvalue weighted by Crippen LogP contribution is -2.25. The number of nitrogens with one attached hydrogen (secondary N) is 2. The second-order valence-corrected chi connectivity index (χ2v) is 10.1. The van der Waals surface area contributed by atoms with Crippen molar-refractivity contribution < 1.29 is 4.79 Å². The summed E-state index contributed by atoms with van der Waals surface area (Å²) in [4.78, 5) is 29.3. The fraction of sp³-hybridized carbons (Fsp3) is 0.214. The molecular formula is C28H29N7O2S. The van der Waals surface area contributed by atoms with Gasteiger partial charge in [-0.05, 0) is 43.0 Å². The van der Waals surface area contributed by atoms with E-state index in [1.807, 2.05) is 62.0 Å². The Kier molecular flexibility index (Phi) is 6.50. The van der Waals surface area contributed by atoms with Gasteiger partial charge in [-0.2, -0.15) is 5.10 Å². The topological polar surface area (TPSA) is 120 Å². The number of aryl methyl sites for hydroxylation is 1. The zero-order valence-corrected chi connectivity index (χ0v) is 22.6. The molecular weight excluding hydrogens is 498 g/mol. The van der Waals surface area contributed by atoms with Gasteiger partial charge in [-0.1, -0.05) is 42.2 Å². The van der Waals surface area contributed by atoms with Gasteiger partial charge in [-0.25, -0.2) is 9.67 Å². The van der Waals surface area contributed by atoms with Crippen LogP contribution in [0.5, 0.6) is 0 Å². The third kappa shape index (κ3) is 4.32. The zero-order chi connectivity index (χ0) is 27.1. The predicted molar refractivity (Wildman–Crippen MR) is 156 cm³/mol. The number of hydrogen-bond donors (Lipinski definition) is 3. The first-order valence-electron chi connectivity index (χ1n) is 12.3. The first kappa shape index (κ1) is 25.2. The average molecular weight is 528 g/mol. The summed E-state index contributed by atoms with van der Waals surface area (Å²) in [5.74, 6) is 0.535. The van der Waals surface area contributed by atoms with Gasteiger partial charge >= 0.3 is 0 Å². The highest BCUT2D eigenvalue weighted by Gasteiger charge is 2.22. The van der Waals surface area contributed by atoms with Crippen molar-refractivity contribution in [3.63, 3.8) is 0 Å². The molecule has 10 heteroatoms. The van der Waals surface area contributed by atoms with Crippen molar-refractivity contribution in [1.82, 2.24) is 19.3 Å². The van der Waals surface area contributed by atoms with Gasteiger partial charge in [0.05, 0.1) is 27.7 Å². The van der Waals surface area contributed by atoms with Crippen molar-refractivity contribution in [1.29, 1.82) is 0 Å². The molecule has 2 aromatic carbocycles. The second kappa shape index (κ2) is 9.79. The van der Waals surface area contributed by atoms with Crippen molar-refractivity contribution in [2.24, 2.45) is 5.73 Å². The Morgan fingerprint density at radius 1 is 1.21 bits per heavy atom. The second-order valence-electron chi connectivity index (χ2n) is 9.11. The number of aromatic nitrogens is 4. The van der Waals surface area contributed by atoms with E-state index in [1.54, 1.807) is 4.57 Å². The first-order valence-corrected chi connectivity index (χ1v) is 13.1. The van der Waals surface area contributed by atoms with Crippen molar-refractivity contribution in [3.05, 3.63) is 76.2 Å². The Morgan fingerprint density at radius 3 is 2.68 bits per heavy atom. The van der Waals surface area contributed by atoms with Crippen LogP contribution in [0.4, 0.5) is 10.9 Å². The van der Waals surface area contributed by atoms with E-state index < -0.39 is 0 Å². The molecule has 0 saturated carbocycles. The molecule has 5 aromatic rings. The van der Waals surface area contributed by atoms with E-state index in [-0.39, 0.29) is 11.5 Å². The lowest BCUT2D eigenvalue weighted by molar-refractivity contribution is -0.114. The molecule has 0 fully saturated rings. The predicted octanol–water partition coefficient (Wildman–Crippen LogP) is 4.78. The molecule has 3 aromatic heterocycles. The van der Waals surface area contributed by atoms with Crippen molar-refractivity contribution in [2.45, 2.75) is 33.9 Å². The highest BCUT2D eigenvalue weighted by atomic mass is 32.1. The summed E-state index contributed by atoms with van der Waals surface area (Å²) in [7, 11) is 1.81. The lowest BCUT2D eigenvalue weighted by atomic mass is 10.1. The molecule has 3 heterocycles. The number of carbonyl (C=O) groups is 1. The molecule has 0 saturated heterocycles. The van der Waals surface area contributed by atoms with Crippen LogP contribution in [0.2, 0.25) is 0 Å². The quantitative estimate of drug-likeness (QED) is 0.280. The van der Waals surface area contributed by atoms with Crippen LogP contribution >= 0.6 is 11.3 Å². The Balaban J connectivity index is 1.65. The molecule has 38 heavy (non-hydrogen) atoms. The number of pyridine rings is 1. The average Bonchev–Trinajstić information content (AvgIpc) is 3.43. The smallest absolute Gasteiger partial charge is 0.258 e. The number of anilines is 2. The molecule has 9 nitrogen and oxygen atoms in total. The maximum absolute atomic E-state index is 13.4. The van der Waals surface area contributed by atoms with Crippen molar-refractivity contribution in [2.75, 3.05) is 17.7 Å². The largest absolute Gasteiger partial charge is 0.399 e. The fourth-order valence-corrected chi connectivity index (χ4v) is 5.82. The van der Waals surface area contributed by atoms with Gasteiger partial charge in [-0.3, -0.25) is 9.59 Å². The molecule has 0 aliphatic carbocycles. The molecule has 0 radical (unpaired) electrons. The van der Waals surface area contributed by atoms with E-state index in [4.69, 9.17) is 10.8 Å². The Labute approximate surface area is 223 Å². The molecule has 4 N–H and O–H groups in total. The van der Waals surface area contributed by atoms with Gasteiger partial charge in [0.15, 0.2) is 5.13 Å². The van der Waals surface area contributed by atoms with Crippen LogP contribution < -0.4 is 21.9 Å². The van der Waals surface area contributed by atoms with Crippen molar-refractivity contribution in [3.8, 4) is 11.3 Å². The Morgan fingerprint density at radius 2 is 2.00 bits per heavy atom. The maximum Gasteiger partial charge on any atom is 0.258 e. The minimum atomic E-state index is -0.169. The molecule has 0 spiro atoms. The number of benzene rings is 2. The molecule has 0 aliphatic heterocycles. The SMILES string of the molecule is C=C(N)c1c(-c2ccc3nc(NC(C)=O)sc3c2)nn(Cc2cc3cccc(C)c3c(=O)n2CC)c1NC. The third-order valence-corrected chi connectivity index (χ3v) is 7.45. The van der Waals surface area contributed by atoms with Crippen LogP contribution in [0.15, 0.2) is 53.8 Å². The minimum absolute atomic E-state index is 0.00873. The first-order chi connectivity index (χ1) is 18.2. The van der Waals surface area contributed by atoms with E-state index in [9.17, 15) is 9.59 Å². The van der Waals surface area contributed by atoms with Gasteiger partial charge in [0, 0.05) is 37.5 Å². The van der Waals surface area contributed by atoms with Gasteiger partial charge in [-0.15, -0.1) is 0 Å². The summed E-state index contributed by atoms with van der Waals surface area (Å²) in [6, 6.07) is 13.8. The standard InChI is InChI=1S/C28H29N7O2S/c1-6-34-20(12-18-9-7-8-15(2)23(18)27(34)37)14-35-26(30-5)24(16(3)29)25(33-35)19-10-11-21-22(13-19)38-28(32-21)31-17(4)36/h7-13,30H,3,6,14,29H2,1-2,4-5H3,(H,31,32,36). The lowest BCUT2D eigenvalue weighted by Gasteiger charge is -2.15. The summed E-state index contributed by atoms with van der Waals surface area (Å²) in [5, 5.41) is 13.1. The minimum Gasteiger partial charge on any atom is -0.399 e. The molecule has 0 unspecified atom stereocenters. The Hall–Kier alpha value is -4.44. The summed E-state index contributed by atoms with van der Waals surface area (Å²) >= 11 is 1.39. The fourth-order valence-electron chi connectivity index (χ4n) is 4.87. The van der Waals surface area contributed by atoms with Gasteiger partial charge in [0.25, 0.3) is 5.56 Å². The van der Waals surface area contributed by atoms with Gasteiger partial charge in [0.2, 0.25) is 5.91 Å². The summed E-state index contributed by atoms with van der Waals surface area (Å²) in [6.45, 7) is 10.3. The summed E-state index contributed by atoms with van der Waals surface area (Å²) in [5.41, 5.74) is 11.4. The van der Waals surface area contributed by atoms with Crippen LogP contribution in [0.3, 0.4) is 0 Å². The van der Waals surface area contributed by atoms with Crippen LogP contribution in [0, 0.1) is 6.92 Å². The van der Waals surface area contributed by atoms with Gasteiger partial charge in [0.1, 0.15) is 11.5 Å². The monoisotopic (exact) mass is 527 g/mol. The van der Waals surface area contributed by atoms with Crippen LogP contribution in [-0.2, 0) is 17.9 Å². The van der Waals surface area contributed by atoms with E-state index in [0.29, 0.717) is 41.0 Å². The Bertz CT molecular complexity index is 1790. The maximum atomic E-state index is 13.4. The number of thiazole rings is 1. The van der Waals surface area contributed by atoms with Crippen LogP contribution in [-0.4, -0.2) is 32.3 Å². The number of amides is 1. The molecule has 1 amide bonds. The zero-order valence-electron chi connectivity index (χ0n) is 21.8. The summed E-state index contributed by atoms with van der Waals surface area (Å²) < 4.78 is 4.52. The van der Waals surface area contributed by atoms with E-state index in [2.05, 4.69) is 28.3 Å². The number of hydrogen-bond acceptors (Lipinski definition) is 7. The highest BCUT2D eigenvalue weighted by molar-refractivity contribution is 7.22. The van der Waals surface area contributed by atoms with Crippen molar-refractivity contribution >= 4 is 54.9 Å². The molecule has 0 aliphatic rings. The number of fused-ring (bicyclic) bond motifs is 2. The van der Waals surface area contributed by atoms with E-state index in [0.717, 1.165) is 37.8 Å². The van der Waals surface area contributed by atoms with Crippen LogP contribution in [0.1, 0.15) is 30.7 Å². The number of carbonyl (C=O) groups excluding carboxylic acids is 1. The molecule has 0 bridgehead atoms. The van der Waals surface area contributed by atoms with E-state index >= 15 is 0 Å². The summed E-state index contributed by atoms with van der Waals surface area (Å²) in [6.07, 6.45) is 0. The normalized spacial score (nSPS) is 11.3. The highest BCUT2D eigenvalue weighted by Crippen LogP contribution is 2.36. The van der Waals surface area contributed by atoms with Crippen LogP contribution in [0.25, 0.3) is 37.9 Å². The molecule has 5 rings (SSSR count). The number of nitrogens with two attached hydrogens (primary N) is 1. The molecule has 0 atom stereocenters. The molecule has 194 valence electrons. The number of rotatable bonds is 7. The van der Waals surface area contributed by atoms with Gasteiger partial charge < -0.3 is 20.9 Å². The van der Waals surface area contributed by atoms with E-state index in [1.165, 1.54) is 18.3 Å².